The maximum Gasteiger partial charge on any atom is 0.283 e. The number of ether oxygens (including phenoxy) is 1. The molecule has 1 amide bonds. The Kier molecular flexibility index (Phi) is 6.36. The highest BCUT2D eigenvalue weighted by Crippen LogP contribution is 2.30. The molecule has 7 nitrogen and oxygen atoms in total. The summed E-state index contributed by atoms with van der Waals surface area (Å²) in [6.45, 7) is 8.46. The zero-order chi connectivity index (χ0) is 25.4. The number of hydrogen-bond donors (Lipinski definition) is 1. The first-order valence-electron chi connectivity index (χ1n) is 11.8. The van der Waals surface area contributed by atoms with Gasteiger partial charge in [-0.1, -0.05) is 37.3 Å². The maximum absolute atomic E-state index is 12.9. The Morgan fingerprint density at radius 1 is 1.08 bits per heavy atom. The van der Waals surface area contributed by atoms with Gasteiger partial charge >= 0.3 is 0 Å². The van der Waals surface area contributed by atoms with Gasteiger partial charge in [-0.25, -0.2) is 0 Å². The number of aliphatic imine (C=N–C) groups is 1. The molecule has 0 spiro atoms. The van der Waals surface area contributed by atoms with Gasteiger partial charge < -0.3 is 9.30 Å². The van der Waals surface area contributed by atoms with Gasteiger partial charge in [-0.2, -0.15) is 15.1 Å². The smallest absolute Gasteiger partial charge is 0.283 e. The SMILES string of the molecule is CCc1ccccc1-n1c(C)cc(/C=C2/C(=N)N3N=C(COc4cccc(C)c4)SC3=NC2=O)c1C. The van der Waals surface area contributed by atoms with Crippen LogP contribution >= 0.6 is 11.8 Å². The second-order valence-electron chi connectivity index (χ2n) is 8.76. The van der Waals surface area contributed by atoms with Gasteiger partial charge in [-0.05, 0) is 86.0 Å². The van der Waals surface area contributed by atoms with Crippen molar-refractivity contribution in [1.82, 2.24) is 9.58 Å². The molecule has 182 valence electrons. The Balaban J connectivity index is 1.41. The molecular formula is C28H27N5O2S. The number of amidine groups is 2. The van der Waals surface area contributed by atoms with Crippen molar-refractivity contribution in [2.45, 2.75) is 34.1 Å². The molecule has 0 radical (unpaired) electrons. The average Bonchev–Trinajstić information content (AvgIpc) is 3.40. The first-order chi connectivity index (χ1) is 17.4. The third-order valence-electron chi connectivity index (χ3n) is 6.23. The molecule has 0 atom stereocenters. The van der Waals surface area contributed by atoms with Crippen LogP contribution in [0.1, 0.15) is 35.0 Å². The van der Waals surface area contributed by atoms with Crippen LogP contribution in [0.3, 0.4) is 0 Å². The predicted molar refractivity (Wildman–Crippen MR) is 146 cm³/mol. The fourth-order valence-corrected chi connectivity index (χ4v) is 5.23. The average molecular weight is 498 g/mol. The van der Waals surface area contributed by atoms with E-state index in [2.05, 4.69) is 33.7 Å². The Bertz CT molecular complexity index is 1480. The van der Waals surface area contributed by atoms with E-state index >= 15 is 0 Å². The number of rotatable bonds is 6. The van der Waals surface area contributed by atoms with Crippen LogP contribution in [0.5, 0.6) is 5.75 Å². The number of benzene rings is 2. The van der Waals surface area contributed by atoms with Gasteiger partial charge in [0, 0.05) is 17.1 Å². The zero-order valence-electron chi connectivity index (χ0n) is 20.7. The van der Waals surface area contributed by atoms with Crippen molar-refractivity contribution in [2.75, 3.05) is 6.61 Å². The van der Waals surface area contributed by atoms with Gasteiger partial charge in [0.15, 0.2) is 5.84 Å². The maximum atomic E-state index is 12.9. The molecule has 0 unspecified atom stereocenters. The van der Waals surface area contributed by atoms with Gasteiger partial charge in [-0.15, -0.1) is 0 Å². The van der Waals surface area contributed by atoms with E-state index in [-0.39, 0.29) is 18.0 Å². The lowest BCUT2D eigenvalue weighted by atomic mass is 10.1. The highest BCUT2D eigenvalue weighted by Gasteiger charge is 2.36. The molecule has 0 saturated heterocycles. The number of hydrazone groups is 1. The molecule has 5 rings (SSSR count). The quantitative estimate of drug-likeness (QED) is 0.445. The third-order valence-corrected chi connectivity index (χ3v) is 7.11. The minimum atomic E-state index is -0.437. The van der Waals surface area contributed by atoms with Crippen molar-refractivity contribution in [3.05, 3.63) is 88.2 Å². The summed E-state index contributed by atoms with van der Waals surface area (Å²) in [4.78, 5) is 17.1. The predicted octanol–water partition coefficient (Wildman–Crippen LogP) is 5.66. The van der Waals surface area contributed by atoms with Gasteiger partial charge in [0.1, 0.15) is 17.4 Å². The fourth-order valence-electron chi connectivity index (χ4n) is 4.43. The van der Waals surface area contributed by atoms with Gasteiger partial charge in [0.05, 0.1) is 5.57 Å². The normalized spacial score (nSPS) is 16.3. The largest absolute Gasteiger partial charge is 0.487 e. The molecular weight excluding hydrogens is 470 g/mol. The molecule has 2 aliphatic rings. The van der Waals surface area contributed by atoms with E-state index in [0.29, 0.717) is 10.2 Å². The number of carbonyl (C=O) groups is 1. The summed E-state index contributed by atoms with van der Waals surface area (Å²) < 4.78 is 8.04. The van der Waals surface area contributed by atoms with Crippen LogP contribution < -0.4 is 4.74 Å². The van der Waals surface area contributed by atoms with Gasteiger partial charge in [-0.3, -0.25) is 10.2 Å². The summed E-state index contributed by atoms with van der Waals surface area (Å²) in [7, 11) is 0. The molecule has 0 fully saturated rings. The number of amides is 1. The lowest BCUT2D eigenvalue weighted by molar-refractivity contribution is -0.114. The number of nitrogens with one attached hydrogen (secondary N) is 1. The Morgan fingerprint density at radius 2 is 1.89 bits per heavy atom. The number of carbonyl (C=O) groups excluding carboxylic acids is 1. The molecule has 3 aromatic rings. The number of aryl methyl sites for hydroxylation is 3. The Labute approximate surface area is 214 Å². The number of hydrogen-bond acceptors (Lipinski definition) is 5. The highest BCUT2D eigenvalue weighted by atomic mass is 32.2. The number of thioether (sulfide) groups is 1. The van der Waals surface area contributed by atoms with Crippen LogP contribution in [0.25, 0.3) is 11.8 Å². The molecule has 2 aliphatic heterocycles. The molecule has 0 bridgehead atoms. The standard InChI is InChI=1S/C28H27N5O2S/c1-5-20-10-6-7-12-24(20)32-18(3)14-21(19(32)4)15-23-26(29)33-28(30-27(23)34)36-25(31-33)16-35-22-11-8-9-17(2)13-22/h6-15,29H,5,16H2,1-4H3/b23-15-,29-26?. The topological polar surface area (TPSA) is 83.0 Å². The van der Waals surface area contributed by atoms with E-state index in [1.54, 1.807) is 6.08 Å². The first kappa shape index (κ1) is 23.8. The van der Waals surface area contributed by atoms with Crippen molar-refractivity contribution < 1.29 is 9.53 Å². The van der Waals surface area contributed by atoms with E-state index in [9.17, 15) is 4.79 Å². The summed E-state index contributed by atoms with van der Waals surface area (Å²) in [5.74, 6) is 0.326. The van der Waals surface area contributed by atoms with E-state index < -0.39 is 5.91 Å². The van der Waals surface area contributed by atoms with E-state index in [1.165, 1.54) is 22.3 Å². The Hall–Kier alpha value is -3.91. The molecule has 36 heavy (non-hydrogen) atoms. The molecule has 0 saturated carbocycles. The van der Waals surface area contributed by atoms with Crippen LogP contribution in [-0.4, -0.2) is 38.1 Å². The number of nitrogens with zero attached hydrogens (tertiary/aromatic N) is 4. The molecule has 0 aliphatic carbocycles. The second kappa shape index (κ2) is 9.62. The van der Waals surface area contributed by atoms with E-state index in [4.69, 9.17) is 10.1 Å². The van der Waals surface area contributed by atoms with Crippen LogP contribution in [0.15, 0.2) is 70.3 Å². The van der Waals surface area contributed by atoms with E-state index in [1.807, 2.05) is 63.2 Å². The zero-order valence-corrected chi connectivity index (χ0v) is 21.5. The minimum Gasteiger partial charge on any atom is -0.487 e. The summed E-state index contributed by atoms with van der Waals surface area (Å²) in [6, 6.07) is 18.1. The fraction of sp³-hybridized carbons (Fsp3) is 0.214. The van der Waals surface area contributed by atoms with Gasteiger partial charge in [0.2, 0.25) is 5.17 Å². The first-order valence-corrected chi connectivity index (χ1v) is 12.6. The Morgan fingerprint density at radius 3 is 2.67 bits per heavy atom. The van der Waals surface area contributed by atoms with Crippen molar-refractivity contribution in [3.8, 4) is 11.4 Å². The van der Waals surface area contributed by atoms with E-state index in [0.717, 1.165) is 40.4 Å². The highest BCUT2D eigenvalue weighted by molar-refractivity contribution is 8.27. The third kappa shape index (κ3) is 4.40. The molecule has 2 aromatic carbocycles. The van der Waals surface area contributed by atoms with Crippen LogP contribution in [-0.2, 0) is 11.2 Å². The van der Waals surface area contributed by atoms with Crippen molar-refractivity contribution in [2.24, 2.45) is 10.1 Å². The van der Waals surface area contributed by atoms with Crippen LogP contribution in [0.2, 0.25) is 0 Å². The monoisotopic (exact) mass is 497 g/mol. The van der Waals surface area contributed by atoms with Crippen LogP contribution in [0, 0.1) is 26.2 Å². The molecule has 8 heteroatoms. The summed E-state index contributed by atoms with van der Waals surface area (Å²) in [5, 5.41) is 15.7. The lowest BCUT2D eigenvalue weighted by Gasteiger charge is -2.20. The number of aromatic nitrogens is 1. The summed E-state index contributed by atoms with van der Waals surface area (Å²) >= 11 is 1.25. The molecule has 3 heterocycles. The molecule has 1 N–H and O–H groups in total. The van der Waals surface area contributed by atoms with Crippen molar-refractivity contribution in [3.63, 3.8) is 0 Å². The summed E-state index contributed by atoms with van der Waals surface area (Å²) in [6.07, 6.45) is 2.67. The van der Waals surface area contributed by atoms with Crippen molar-refractivity contribution >= 4 is 39.8 Å². The number of para-hydroxylation sites is 1. The lowest BCUT2D eigenvalue weighted by Crippen LogP contribution is -2.35. The van der Waals surface area contributed by atoms with Gasteiger partial charge in [0.25, 0.3) is 5.91 Å². The minimum absolute atomic E-state index is 0.0156. The second-order valence-corrected chi connectivity index (χ2v) is 9.80. The van der Waals surface area contributed by atoms with Crippen LogP contribution in [0.4, 0.5) is 0 Å². The van der Waals surface area contributed by atoms with Crippen molar-refractivity contribution in [1.29, 1.82) is 5.41 Å². The summed E-state index contributed by atoms with van der Waals surface area (Å²) in [5.41, 5.74) is 6.64. The number of fused-ring (bicyclic) bond motifs is 1. The molecule has 1 aromatic heterocycles.